The molecule has 1 N–H and O–H groups in total. The molecule has 2 aromatic carbocycles. The summed E-state index contributed by atoms with van der Waals surface area (Å²) in [6, 6.07) is 13.7. The maximum atomic E-state index is 11.1. The molecule has 0 unspecified atom stereocenters. The van der Waals surface area contributed by atoms with Crippen molar-refractivity contribution < 1.29 is 14.6 Å². The largest absolute Gasteiger partial charge is 0.488 e. The van der Waals surface area contributed by atoms with Gasteiger partial charge in [0.05, 0.1) is 12.1 Å². The number of hydrogen-bond donors (Lipinski definition) is 1. The molecule has 0 fully saturated rings. The second kappa shape index (κ2) is 8.15. The second-order valence-corrected chi connectivity index (χ2v) is 6.73. The second-order valence-electron chi connectivity index (χ2n) is 6.73. The lowest BCUT2D eigenvalue weighted by atomic mass is 9.96. The first-order chi connectivity index (χ1) is 12.5. The number of rotatable bonds is 6. The zero-order chi connectivity index (χ0) is 18.5. The maximum absolute atomic E-state index is 11.1. The molecule has 0 aliphatic carbocycles. The van der Waals surface area contributed by atoms with Crippen LogP contribution in [-0.4, -0.2) is 48.9 Å². The standard InChI is InChI=1S/C21H24N2O3/c1-23(2)11-5-10-22-21-17-7-4-3-6-16(17)14-26-19-9-8-15(12-18(19)21)13-20(24)25/h3-4,6-9,12H,5,10-11,13-14H2,1-2H3,(H,24,25)/b22-21+. The van der Waals surface area contributed by atoms with E-state index >= 15 is 0 Å². The lowest BCUT2D eigenvalue weighted by molar-refractivity contribution is -0.136. The van der Waals surface area contributed by atoms with E-state index in [0.717, 1.165) is 46.7 Å². The van der Waals surface area contributed by atoms with Gasteiger partial charge in [-0.1, -0.05) is 30.3 Å². The molecule has 3 rings (SSSR count). The molecule has 2 aromatic rings. The van der Waals surface area contributed by atoms with Crippen molar-refractivity contribution in [1.29, 1.82) is 0 Å². The van der Waals surface area contributed by atoms with Gasteiger partial charge in [0.25, 0.3) is 0 Å². The van der Waals surface area contributed by atoms with Gasteiger partial charge in [0.2, 0.25) is 0 Å². The molecule has 1 aliphatic rings. The summed E-state index contributed by atoms with van der Waals surface area (Å²) >= 11 is 0. The van der Waals surface area contributed by atoms with Crippen LogP contribution in [0.5, 0.6) is 5.75 Å². The summed E-state index contributed by atoms with van der Waals surface area (Å²) in [6.45, 7) is 2.17. The molecule has 5 nitrogen and oxygen atoms in total. The molecular formula is C21H24N2O3. The minimum absolute atomic E-state index is 0.0111. The van der Waals surface area contributed by atoms with E-state index in [0.29, 0.717) is 13.2 Å². The molecule has 0 atom stereocenters. The van der Waals surface area contributed by atoms with Crippen LogP contribution in [0.1, 0.15) is 28.7 Å². The summed E-state index contributed by atoms with van der Waals surface area (Å²) in [5.41, 5.74) is 4.66. The Hall–Kier alpha value is -2.66. The van der Waals surface area contributed by atoms with Gasteiger partial charge in [-0.3, -0.25) is 9.79 Å². The number of ether oxygens (including phenoxy) is 1. The maximum Gasteiger partial charge on any atom is 0.307 e. The van der Waals surface area contributed by atoms with Crippen molar-refractivity contribution in [2.75, 3.05) is 27.2 Å². The fraction of sp³-hybridized carbons (Fsp3) is 0.333. The van der Waals surface area contributed by atoms with Crippen LogP contribution in [0, 0.1) is 0 Å². The Labute approximate surface area is 153 Å². The van der Waals surface area contributed by atoms with Crippen LogP contribution < -0.4 is 4.74 Å². The first kappa shape index (κ1) is 18.1. The molecule has 136 valence electrons. The number of aliphatic imine (C=N–C) groups is 1. The zero-order valence-corrected chi connectivity index (χ0v) is 15.2. The average molecular weight is 352 g/mol. The minimum Gasteiger partial charge on any atom is -0.488 e. The summed E-state index contributed by atoms with van der Waals surface area (Å²) in [4.78, 5) is 18.1. The van der Waals surface area contributed by atoms with Crippen molar-refractivity contribution in [2.24, 2.45) is 4.99 Å². The topological polar surface area (TPSA) is 62.1 Å². The predicted molar refractivity (Wildman–Crippen MR) is 102 cm³/mol. The Kier molecular flexibility index (Phi) is 5.68. The highest BCUT2D eigenvalue weighted by molar-refractivity contribution is 6.15. The molecule has 0 saturated carbocycles. The van der Waals surface area contributed by atoms with Crippen molar-refractivity contribution in [3.05, 3.63) is 64.7 Å². The molecule has 0 radical (unpaired) electrons. The molecule has 26 heavy (non-hydrogen) atoms. The third kappa shape index (κ3) is 4.29. The van der Waals surface area contributed by atoms with Gasteiger partial charge in [0.15, 0.2) is 0 Å². The van der Waals surface area contributed by atoms with Crippen molar-refractivity contribution in [3.8, 4) is 5.75 Å². The third-order valence-corrected chi connectivity index (χ3v) is 4.34. The predicted octanol–water partition coefficient (Wildman–Crippen LogP) is 3.00. The third-order valence-electron chi connectivity index (χ3n) is 4.34. The molecule has 0 aromatic heterocycles. The van der Waals surface area contributed by atoms with Crippen LogP contribution in [0.4, 0.5) is 0 Å². The monoisotopic (exact) mass is 352 g/mol. The number of hydrogen-bond acceptors (Lipinski definition) is 4. The van der Waals surface area contributed by atoms with Gasteiger partial charge >= 0.3 is 5.97 Å². The molecule has 0 spiro atoms. The number of fused-ring (bicyclic) bond motifs is 2. The van der Waals surface area contributed by atoms with Crippen LogP contribution in [0.3, 0.4) is 0 Å². The molecule has 0 bridgehead atoms. The Morgan fingerprint density at radius 1 is 1.19 bits per heavy atom. The van der Waals surface area contributed by atoms with E-state index < -0.39 is 5.97 Å². The Balaban J connectivity index is 2.01. The van der Waals surface area contributed by atoms with Gasteiger partial charge in [-0.2, -0.15) is 0 Å². The van der Waals surface area contributed by atoms with Gasteiger partial charge in [-0.15, -0.1) is 0 Å². The number of carboxylic acids is 1. The van der Waals surface area contributed by atoms with E-state index in [1.54, 1.807) is 0 Å². The highest BCUT2D eigenvalue weighted by Crippen LogP contribution is 2.30. The molecule has 1 aliphatic heterocycles. The fourth-order valence-corrected chi connectivity index (χ4v) is 3.10. The van der Waals surface area contributed by atoms with Crippen LogP contribution in [-0.2, 0) is 17.8 Å². The summed E-state index contributed by atoms with van der Waals surface area (Å²) in [5.74, 6) is -0.0916. The summed E-state index contributed by atoms with van der Waals surface area (Å²) in [6.07, 6.45) is 0.951. The molecular weight excluding hydrogens is 328 g/mol. The van der Waals surface area contributed by atoms with E-state index in [-0.39, 0.29) is 6.42 Å². The van der Waals surface area contributed by atoms with Crippen LogP contribution >= 0.6 is 0 Å². The van der Waals surface area contributed by atoms with Gasteiger partial charge < -0.3 is 14.7 Å². The van der Waals surface area contributed by atoms with E-state index in [9.17, 15) is 4.79 Å². The van der Waals surface area contributed by atoms with Crippen molar-refractivity contribution >= 4 is 11.7 Å². The summed E-state index contributed by atoms with van der Waals surface area (Å²) in [5, 5.41) is 9.11. The summed E-state index contributed by atoms with van der Waals surface area (Å²) < 4.78 is 5.97. The van der Waals surface area contributed by atoms with Crippen molar-refractivity contribution in [2.45, 2.75) is 19.4 Å². The highest BCUT2D eigenvalue weighted by Gasteiger charge is 2.21. The van der Waals surface area contributed by atoms with Crippen molar-refractivity contribution in [3.63, 3.8) is 0 Å². The Morgan fingerprint density at radius 2 is 2.00 bits per heavy atom. The molecule has 1 heterocycles. The normalized spacial score (nSPS) is 14.5. The molecule has 5 heteroatoms. The van der Waals surface area contributed by atoms with E-state index in [1.165, 1.54) is 0 Å². The van der Waals surface area contributed by atoms with E-state index in [4.69, 9.17) is 14.8 Å². The Bertz CT molecular complexity index is 828. The SMILES string of the molecule is CN(C)CCC/N=C1\c2ccccc2COc2ccc(CC(=O)O)cc21. The minimum atomic E-state index is -0.843. The van der Waals surface area contributed by atoms with E-state index in [1.807, 2.05) is 30.3 Å². The number of carbonyl (C=O) groups is 1. The van der Waals surface area contributed by atoms with Gasteiger partial charge in [0.1, 0.15) is 12.4 Å². The first-order valence-corrected chi connectivity index (χ1v) is 8.80. The molecule has 0 saturated heterocycles. The molecule has 0 amide bonds. The number of nitrogens with zero attached hydrogens (tertiary/aromatic N) is 2. The fourth-order valence-electron chi connectivity index (χ4n) is 3.10. The van der Waals surface area contributed by atoms with E-state index in [2.05, 4.69) is 31.1 Å². The Morgan fingerprint density at radius 3 is 2.77 bits per heavy atom. The summed E-state index contributed by atoms with van der Waals surface area (Å²) in [7, 11) is 4.10. The smallest absolute Gasteiger partial charge is 0.307 e. The average Bonchev–Trinajstić information content (AvgIpc) is 2.75. The lowest BCUT2D eigenvalue weighted by Crippen LogP contribution is -2.14. The van der Waals surface area contributed by atoms with Gasteiger partial charge in [-0.25, -0.2) is 0 Å². The van der Waals surface area contributed by atoms with Crippen LogP contribution in [0.15, 0.2) is 47.5 Å². The zero-order valence-electron chi connectivity index (χ0n) is 15.2. The van der Waals surface area contributed by atoms with Gasteiger partial charge in [-0.05, 0) is 50.3 Å². The lowest BCUT2D eigenvalue weighted by Gasteiger charge is -2.12. The highest BCUT2D eigenvalue weighted by atomic mass is 16.5. The number of carboxylic acid groups (broad SMARTS) is 1. The number of aliphatic carboxylic acids is 1. The van der Waals surface area contributed by atoms with Gasteiger partial charge in [0, 0.05) is 17.7 Å². The quantitative estimate of drug-likeness (QED) is 0.812. The van der Waals surface area contributed by atoms with Crippen molar-refractivity contribution in [1.82, 2.24) is 4.90 Å². The first-order valence-electron chi connectivity index (χ1n) is 8.80. The van der Waals surface area contributed by atoms with Crippen LogP contribution in [0.25, 0.3) is 0 Å². The number of benzene rings is 2. The van der Waals surface area contributed by atoms with Crippen LogP contribution in [0.2, 0.25) is 0 Å².